The molecule has 12 heavy (non-hydrogen) atoms. The van der Waals surface area contributed by atoms with E-state index in [4.69, 9.17) is 13.6 Å². The van der Waals surface area contributed by atoms with Crippen molar-refractivity contribution in [2.24, 2.45) is 11.1 Å². The summed E-state index contributed by atoms with van der Waals surface area (Å²) in [5, 5.41) is 0. The van der Waals surface area contributed by atoms with Crippen LogP contribution in [-0.4, -0.2) is 13.4 Å². The Morgan fingerprint density at radius 1 is 1.17 bits per heavy atom. The molecular formula is C9H18BNS. The summed E-state index contributed by atoms with van der Waals surface area (Å²) in [6.07, 6.45) is 0. The minimum atomic E-state index is -0.444. The molecule has 0 aliphatic rings. The molecule has 0 atom stereocenters. The second-order valence-electron chi connectivity index (χ2n) is 4.73. The van der Waals surface area contributed by atoms with Gasteiger partial charge in [-0.05, 0) is 24.2 Å². The highest BCUT2D eigenvalue weighted by Gasteiger charge is 2.22. The average Bonchev–Trinajstić information content (AvgIpc) is 1.80. The van der Waals surface area contributed by atoms with Gasteiger partial charge in [0.25, 0.3) is 0 Å². The van der Waals surface area contributed by atoms with Crippen LogP contribution >= 0.6 is 12.6 Å². The molecule has 0 aromatic carbocycles. The topological polar surface area (TPSA) is 26.0 Å². The van der Waals surface area contributed by atoms with Gasteiger partial charge in [0.15, 0.2) is 0 Å². The van der Waals surface area contributed by atoms with Crippen LogP contribution in [0.3, 0.4) is 0 Å². The van der Waals surface area contributed by atoms with Crippen LogP contribution in [0.5, 0.6) is 0 Å². The van der Waals surface area contributed by atoms with Gasteiger partial charge in [-0.25, -0.2) is 0 Å². The van der Waals surface area contributed by atoms with Crippen LogP contribution in [0.15, 0.2) is 10.4 Å². The highest BCUT2D eigenvalue weighted by atomic mass is 32.1. The van der Waals surface area contributed by atoms with Gasteiger partial charge in [-0.1, -0.05) is 20.8 Å². The molecule has 0 rings (SSSR count). The maximum absolute atomic E-state index is 5.90. The Morgan fingerprint density at radius 2 is 1.50 bits per heavy atom. The fourth-order valence-electron chi connectivity index (χ4n) is 0.702. The second kappa shape index (κ2) is 3.47. The fraction of sp³-hybridized carbons (Fsp3) is 0.778. The van der Waals surface area contributed by atoms with Crippen molar-refractivity contribution >= 4 is 20.5 Å². The predicted molar refractivity (Wildman–Crippen MR) is 59.5 cm³/mol. The fourth-order valence-corrected chi connectivity index (χ4v) is 1.04. The second-order valence-corrected chi connectivity index (χ2v) is 5.18. The van der Waals surface area contributed by atoms with E-state index in [1.807, 2.05) is 34.6 Å². The third kappa shape index (κ3) is 3.24. The highest BCUT2D eigenvalue weighted by Crippen LogP contribution is 2.30. The average molecular weight is 183 g/mol. The lowest BCUT2D eigenvalue weighted by Crippen LogP contribution is -2.34. The largest absolute Gasteiger partial charge is 0.321 e. The lowest BCUT2D eigenvalue weighted by molar-refractivity contribution is 0.514. The molecule has 0 aromatic rings. The van der Waals surface area contributed by atoms with Crippen LogP contribution in [0.4, 0.5) is 0 Å². The maximum Gasteiger partial charge on any atom is 0.109 e. The summed E-state index contributed by atoms with van der Waals surface area (Å²) in [5.74, 6) is 0. The van der Waals surface area contributed by atoms with E-state index in [9.17, 15) is 0 Å². The summed E-state index contributed by atoms with van der Waals surface area (Å²) >= 11 is 4.33. The van der Waals surface area contributed by atoms with Crippen molar-refractivity contribution in [2.75, 3.05) is 0 Å². The number of thiol groups is 1. The van der Waals surface area contributed by atoms with Gasteiger partial charge in [0, 0.05) is 5.54 Å². The molecule has 0 bridgehead atoms. The van der Waals surface area contributed by atoms with E-state index >= 15 is 0 Å². The molecule has 0 unspecified atom stereocenters. The quantitative estimate of drug-likeness (QED) is 0.472. The number of allylic oxidation sites excluding steroid dienone is 1. The Kier molecular flexibility index (Phi) is 3.50. The van der Waals surface area contributed by atoms with Gasteiger partial charge >= 0.3 is 0 Å². The van der Waals surface area contributed by atoms with E-state index in [1.165, 1.54) is 0 Å². The van der Waals surface area contributed by atoms with Crippen molar-refractivity contribution < 1.29 is 0 Å². The molecule has 0 spiro atoms. The summed E-state index contributed by atoms with van der Waals surface area (Å²) in [4.78, 5) is 0.773. The van der Waals surface area contributed by atoms with Crippen LogP contribution < -0.4 is 5.73 Å². The molecule has 0 saturated carbocycles. The Bertz CT molecular complexity index is 174. The molecule has 0 saturated heterocycles. The van der Waals surface area contributed by atoms with Crippen molar-refractivity contribution in [3.8, 4) is 0 Å². The minimum absolute atomic E-state index is 0.0618. The molecule has 1 nitrogen and oxygen atoms in total. The van der Waals surface area contributed by atoms with Crippen molar-refractivity contribution in [1.82, 2.24) is 0 Å². The summed E-state index contributed by atoms with van der Waals surface area (Å²) in [6.45, 7) is 9.93. The van der Waals surface area contributed by atoms with Gasteiger partial charge in [-0.2, -0.15) is 0 Å². The van der Waals surface area contributed by atoms with Crippen LogP contribution in [-0.2, 0) is 0 Å². The summed E-state index contributed by atoms with van der Waals surface area (Å²) < 4.78 is 0. The molecule has 2 N–H and O–H groups in total. The highest BCUT2D eigenvalue weighted by molar-refractivity contribution is 7.84. The zero-order chi connectivity index (χ0) is 10.2. The molecule has 0 aromatic heterocycles. The molecule has 0 aliphatic heterocycles. The molecule has 0 amide bonds. The number of rotatable bonds is 1. The smallest absolute Gasteiger partial charge is 0.109 e. The van der Waals surface area contributed by atoms with Crippen molar-refractivity contribution in [1.29, 1.82) is 0 Å². The molecule has 3 heteroatoms. The van der Waals surface area contributed by atoms with E-state index in [-0.39, 0.29) is 5.41 Å². The van der Waals surface area contributed by atoms with E-state index in [0.29, 0.717) is 0 Å². The summed E-state index contributed by atoms with van der Waals surface area (Å²) in [7, 11) is 5.90. The summed E-state index contributed by atoms with van der Waals surface area (Å²) in [6, 6.07) is 0. The zero-order valence-corrected chi connectivity index (χ0v) is 9.50. The van der Waals surface area contributed by atoms with Gasteiger partial charge in [0.2, 0.25) is 0 Å². The van der Waals surface area contributed by atoms with Crippen molar-refractivity contribution in [3.63, 3.8) is 0 Å². The Morgan fingerprint density at radius 3 is 1.58 bits per heavy atom. The Labute approximate surface area is 82.6 Å². The first kappa shape index (κ1) is 12.1. The standard InChI is InChI=1S/C9H18BNS/c1-8(2,3)6(10)7(12)9(4,5)11/h12H,11H2,1-5H3/b7-6-. The normalized spacial score (nSPS) is 15.9. The van der Waals surface area contributed by atoms with Crippen LogP contribution in [0.1, 0.15) is 34.6 Å². The van der Waals surface area contributed by atoms with Gasteiger partial charge in [0.1, 0.15) is 7.85 Å². The predicted octanol–water partition coefficient (Wildman–Crippen LogP) is 2.08. The first-order valence-electron chi connectivity index (χ1n) is 4.05. The lowest BCUT2D eigenvalue weighted by Gasteiger charge is -2.29. The first-order valence-corrected chi connectivity index (χ1v) is 4.50. The number of hydrogen-bond donors (Lipinski definition) is 2. The number of nitrogens with two attached hydrogens (primary N) is 1. The number of hydrogen-bond acceptors (Lipinski definition) is 2. The van der Waals surface area contributed by atoms with E-state index in [1.54, 1.807) is 0 Å². The van der Waals surface area contributed by atoms with Gasteiger partial charge in [-0.3, -0.25) is 0 Å². The van der Waals surface area contributed by atoms with E-state index < -0.39 is 5.54 Å². The lowest BCUT2D eigenvalue weighted by atomic mass is 9.72. The monoisotopic (exact) mass is 183 g/mol. The molecule has 0 fully saturated rings. The third-order valence-electron chi connectivity index (χ3n) is 1.67. The zero-order valence-electron chi connectivity index (χ0n) is 8.60. The molecule has 2 radical (unpaired) electrons. The van der Waals surface area contributed by atoms with E-state index in [2.05, 4.69) is 12.6 Å². The minimum Gasteiger partial charge on any atom is -0.321 e. The van der Waals surface area contributed by atoms with Gasteiger partial charge in [-0.15, -0.1) is 18.1 Å². The van der Waals surface area contributed by atoms with E-state index in [0.717, 1.165) is 10.4 Å². The van der Waals surface area contributed by atoms with Crippen molar-refractivity contribution in [3.05, 3.63) is 10.4 Å². The SMILES string of the molecule is [B]/C(=C(\S)C(C)(C)N)C(C)(C)C. The first-order chi connectivity index (χ1) is 5.07. The third-order valence-corrected chi connectivity index (χ3v) is 2.49. The molecule has 0 aliphatic carbocycles. The Hall–Kier alpha value is 0.115. The van der Waals surface area contributed by atoms with Crippen molar-refractivity contribution in [2.45, 2.75) is 40.2 Å². The molecular weight excluding hydrogens is 165 g/mol. The summed E-state index contributed by atoms with van der Waals surface area (Å²) in [5.41, 5.74) is 6.12. The Balaban J connectivity index is 4.96. The molecule has 68 valence electrons. The van der Waals surface area contributed by atoms with Gasteiger partial charge in [0.05, 0.1) is 0 Å². The van der Waals surface area contributed by atoms with Crippen LogP contribution in [0.25, 0.3) is 0 Å². The maximum atomic E-state index is 5.90. The van der Waals surface area contributed by atoms with Gasteiger partial charge < -0.3 is 5.73 Å². The van der Waals surface area contributed by atoms with Crippen LogP contribution in [0.2, 0.25) is 0 Å². The van der Waals surface area contributed by atoms with Crippen LogP contribution in [0, 0.1) is 5.41 Å². The molecule has 0 heterocycles.